The normalized spacial score (nSPS) is 11.5. The first-order valence-corrected chi connectivity index (χ1v) is 7.11. The summed E-state index contributed by atoms with van der Waals surface area (Å²) in [5.41, 5.74) is 0.781. The molecule has 0 aliphatic rings. The van der Waals surface area contributed by atoms with Gasteiger partial charge in [0, 0.05) is 26.5 Å². The number of sulfonamides is 1. The Bertz CT molecular complexity index is 648. The molecular weight excluding hydrogens is 266 g/mol. The van der Waals surface area contributed by atoms with Gasteiger partial charge in [0.25, 0.3) is 0 Å². The third kappa shape index (κ3) is 3.09. The van der Waals surface area contributed by atoms with E-state index in [1.165, 1.54) is 12.3 Å². The lowest BCUT2D eigenvalue weighted by molar-refractivity contribution is 0.577. The molecule has 2 heterocycles. The van der Waals surface area contributed by atoms with E-state index in [1.54, 1.807) is 37.1 Å². The first kappa shape index (κ1) is 13.5. The van der Waals surface area contributed by atoms with Gasteiger partial charge in [-0.2, -0.15) is 5.10 Å². The highest BCUT2D eigenvalue weighted by Crippen LogP contribution is 2.10. The molecule has 8 heteroatoms. The molecule has 102 valence electrons. The van der Waals surface area contributed by atoms with E-state index >= 15 is 0 Å². The summed E-state index contributed by atoms with van der Waals surface area (Å²) in [7, 11) is -0.0832. The van der Waals surface area contributed by atoms with Crippen molar-refractivity contribution in [2.75, 3.05) is 12.4 Å². The first-order valence-electron chi connectivity index (χ1n) is 5.63. The Balaban J connectivity index is 2.11. The summed E-state index contributed by atoms with van der Waals surface area (Å²) in [5.74, 6) is 0.616. The molecule has 7 nitrogen and oxygen atoms in total. The molecular formula is C11H15N5O2S. The predicted octanol–water partition coefficient (Wildman–Crippen LogP) is 0.335. The van der Waals surface area contributed by atoms with Crippen LogP contribution in [-0.2, 0) is 23.6 Å². The fourth-order valence-electron chi connectivity index (χ4n) is 1.51. The van der Waals surface area contributed by atoms with E-state index in [4.69, 9.17) is 0 Å². The molecule has 2 N–H and O–H groups in total. The van der Waals surface area contributed by atoms with E-state index in [-0.39, 0.29) is 11.4 Å². The monoisotopic (exact) mass is 281 g/mol. The van der Waals surface area contributed by atoms with Crippen LogP contribution in [0.15, 0.2) is 35.5 Å². The van der Waals surface area contributed by atoms with Crippen LogP contribution in [-0.4, -0.2) is 30.2 Å². The van der Waals surface area contributed by atoms with Gasteiger partial charge < -0.3 is 5.32 Å². The minimum Gasteiger partial charge on any atom is -0.373 e. The second-order valence-electron chi connectivity index (χ2n) is 3.90. The Kier molecular flexibility index (Phi) is 3.82. The third-order valence-corrected chi connectivity index (χ3v) is 4.06. The van der Waals surface area contributed by atoms with Crippen LogP contribution in [0.2, 0.25) is 0 Å². The van der Waals surface area contributed by atoms with Crippen molar-refractivity contribution in [2.45, 2.75) is 11.4 Å². The Hall–Kier alpha value is -1.93. The number of nitrogens with one attached hydrogen (secondary N) is 2. The first-order chi connectivity index (χ1) is 9.03. The fourth-order valence-corrected chi connectivity index (χ4v) is 2.46. The van der Waals surface area contributed by atoms with Gasteiger partial charge >= 0.3 is 0 Å². The topological polar surface area (TPSA) is 88.9 Å². The summed E-state index contributed by atoms with van der Waals surface area (Å²) in [6.07, 6.45) is 2.93. The van der Waals surface area contributed by atoms with Gasteiger partial charge in [-0.15, -0.1) is 0 Å². The van der Waals surface area contributed by atoms with Gasteiger partial charge in [-0.1, -0.05) is 0 Å². The molecule has 0 unspecified atom stereocenters. The SMILES string of the molecule is CNc1ccc(S(=O)(=O)NCc2ccnn2C)cn1. The van der Waals surface area contributed by atoms with Crippen molar-refractivity contribution in [1.82, 2.24) is 19.5 Å². The number of aryl methyl sites for hydroxylation is 1. The van der Waals surface area contributed by atoms with E-state index in [9.17, 15) is 8.42 Å². The summed E-state index contributed by atoms with van der Waals surface area (Å²) in [6.45, 7) is 0.187. The molecule has 0 aromatic carbocycles. The van der Waals surface area contributed by atoms with Gasteiger partial charge in [-0.25, -0.2) is 18.1 Å². The van der Waals surface area contributed by atoms with Gasteiger partial charge in [0.05, 0.1) is 12.2 Å². The maximum Gasteiger partial charge on any atom is 0.242 e. The Labute approximate surface area is 111 Å². The maximum absolute atomic E-state index is 12.0. The second kappa shape index (κ2) is 5.37. The molecule has 0 saturated carbocycles. The van der Waals surface area contributed by atoms with Crippen LogP contribution in [0.5, 0.6) is 0 Å². The largest absolute Gasteiger partial charge is 0.373 e. The molecule has 2 rings (SSSR count). The molecule has 2 aromatic heterocycles. The van der Waals surface area contributed by atoms with E-state index in [0.29, 0.717) is 5.82 Å². The minimum absolute atomic E-state index is 0.133. The molecule has 19 heavy (non-hydrogen) atoms. The van der Waals surface area contributed by atoms with Crippen LogP contribution >= 0.6 is 0 Å². The number of hydrogen-bond donors (Lipinski definition) is 2. The molecule has 0 radical (unpaired) electrons. The van der Waals surface area contributed by atoms with Crippen molar-refractivity contribution in [3.8, 4) is 0 Å². The van der Waals surface area contributed by atoms with Gasteiger partial charge in [-0.3, -0.25) is 4.68 Å². The summed E-state index contributed by atoms with van der Waals surface area (Å²) in [6, 6.07) is 4.87. The van der Waals surface area contributed by atoms with Crippen LogP contribution in [0.4, 0.5) is 5.82 Å². The molecule has 0 amide bonds. The van der Waals surface area contributed by atoms with Crippen molar-refractivity contribution in [3.63, 3.8) is 0 Å². The van der Waals surface area contributed by atoms with E-state index in [1.807, 2.05) is 0 Å². The average molecular weight is 281 g/mol. The second-order valence-corrected chi connectivity index (χ2v) is 5.67. The van der Waals surface area contributed by atoms with Crippen molar-refractivity contribution in [2.24, 2.45) is 7.05 Å². The third-order valence-electron chi connectivity index (χ3n) is 2.67. The van der Waals surface area contributed by atoms with Gasteiger partial charge in [0.2, 0.25) is 10.0 Å². The standard InChI is InChI=1S/C11H15N5O2S/c1-12-11-4-3-10(8-13-11)19(17,18)15-7-9-5-6-14-16(9)2/h3-6,8,15H,7H2,1-2H3,(H,12,13). The average Bonchev–Trinajstić information content (AvgIpc) is 2.82. The Morgan fingerprint density at radius 2 is 2.11 bits per heavy atom. The zero-order valence-corrected chi connectivity index (χ0v) is 11.5. The smallest absolute Gasteiger partial charge is 0.242 e. The number of hydrogen-bond acceptors (Lipinski definition) is 5. The highest BCUT2D eigenvalue weighted by Gasteiger charge is 2.14. The Morgan fingerprint density at radius 1 is 1.32 bits per heavy atom. The molecule has 0 fully saturated rings. The van der Waals surface area contributed by atoms with Crippen molar-refractivity contribution in [1.29, 1.82) is 0 Å². The molecule has 0 bridgehead atoms. The highest BCUT2D eigenvalue weighted by atomic mass is 32.2. The van der Waals surface area contributed by atoms with Crippen LogP contribution in [0.25, 0.3) is 0 Å². The van der Waals surface area contributed by atoms with Crippen LogP contribution in [0, 0.1) is 0 Å². The summed E-state index contributed by atoms with van der Waals surface area (Å²) >= 11 is 0. The lowest BCUT2D eigenvalue weighted by atomic mass is 10.4. The summed E-state index contributed by atoms with van der Waals surface area (Å²) in [5, 5.41) is 6.80. The van der Waals surface area contributed by atoms with E-state index in [0.717, 1.165) is 5.69 Å². The number of anilines is 1. The quantitative estimate of drug-likeness (QED) is 0.824. The van der Waals surface area contributed by atoms with Crippen molar-refractivity contribution < 1.29 is 8.42 Å². The Morgan fingerprint density at radius 3 is 2.63 bits per heavy atom. The molecule has 2 aromatic rings. The maximum atomic E-state index is 12.0. The molecule has 0 aliphatic carbocycles. The minimum atomic E-state index is -3.56. The molecule has 0 spiro atoms. The van der Waals surface area contributed by atoms with Gasteiger partial charge in [0.15, 0.2) is 0 Å². The number of aromatic nitrogens is 3. The zero-order chi connectivity index (χ0) is 13.9. The number of nitrogens with zero attached hydrogens (tertiary/aromatic N) is 3. The molecule has 0 saturated heterocycles. The van der Waals surface area contributed by atoms with Gasteiger partial charge in [-0.05, 0) is 18.2 Å². The molecule has 0 aliphatic heterocycles. The van der Waals surface area contributed by atoms with Crippen molar-refractivity contribution in [3.05, 3.63) is 36.3 Å². The molecule has 0 atom stereocenters. The van der Waals surface area contributed by atoms with Gasteiger partial charge in [0.1, 0.15) is 10.7 Å². The number of rotatable bonds is 5. The van der Waals surface area contributed by atoms with Crippen molar-refractivity contribution >= 4 is 15.8 Å². The lowest BCUT2D eigenvalue weighted by Gasteiger charge is -2.07. The van der Waals surface area contributed by atoms with Crippen LogP contribution in [0.3, 0.4) is 0 Å². The summed E-state index contributed by atoms with van der Waals surface area (Å²) in [4.78, 5) is 4.11. The van der Waals surface area contributed by atoms with E-state index < -0.39 is 10.0 Å². The zero-order valence-electron chi connectivity index (χ0n) is 10.7. The number of pyridine rings is 1. The lowest BCUT2D eigenvalue weighted by Crippen LogP contribution is -2.24. The van der Waals surface area contributed by atoms with Crippen LogP contribution < -0.4 is 10.0 Å². The van der Waals surface area contributed by atoms with E-state index in [2.05, 4.69) is 20.1 Å². The predicted molar refractivity (Wildman–Crippen MR) is 71.0 cm³/mol. The van der Waals surface area contributed by atoms with Crippen LogP contribution in [0.1, 0.15) is 5.69 Å². The highest BCUT2D eigenvalue weighted by molar-refractivity contribution is 7.89. The summed E-state index contributed by atoms with van der Waals surface area (Å²) < 4.78 is 28.2. The fraction of sp³-hybridized carbons (Fsp3) is 0.273.